The standard InChI is InChI=1S/C18H16N2O6/c1-3-16(21)19(15-9-8-12(20(25)26)10-11(15)2)17(22)13-6-4-5-7-14(13)18(23)24/h4-10H,3H2,1-2H3,(H,23,24)/p-1. The third kappa shape index (κ3) is 3.59. The highest BCUT2D eigenvalue weighted by Gasteiger charge is 2.27. The van der Waals surface area contributed by atoms with Gasteiger partial charge in [0.1, 0.15) is 0 Å². The first-order valence-electron chi connectivity index (χ1n) is 7.70. The number of non-ortho nitro benzene ring substituents is 1. The Bertz CT molecular complexity index is 906. The molecule has 134 valence electrons. The molecule has 0 radical (unpaired) electrons. The normalized spacial score (nSPS) is 10.2. The zero-order valence-corrected chi connectivity index (χ0v) is 14.1. The Morgan fingerprint density at radius 1 is 1.08 bits per heavy atom. The van der Waals surface area contributed by atoms with Crippen molar-refractivity contribution >= 4 is 29.2 Å². The van der Waals surface area contributed by atoms with E-state index < -0.39 is 22.7 Å². The number of aromatic carboxylic acids is 1. The molecule has 0 bridgehead atoms. The topological polar surface area (TPSA) is 121 Å². The highest BCUT2D eigenvalue weighted by molar-refractivity contribution is 6.23. The largest absolute Gasteiger partial charge is 0.545 e. The summed E-state index contributed by atoms with van der Waals surface area (Å²) in [5.41, 5.74) is -0.239. The van der Waals surface area contributed by atoms with Crippen LogP contribution in [-0.4, -0.2) is 22.7 Å². The van der Waals surface area contributed by atoms with Crippen LogP contribution in [0.5, 0.6) is 0 Å². The van der Waals surface area contributed by atoms with E-state index in [1.165, 1.54) is 49.4 Å². The van der Waals surface area contributed by atoms with Gasteiger partial charge in [-0.2, -0.15) is 0 Å². The molecule has 0 heterocycles. The smallest absolute Gasteiger partial charge is 0.269 e. The number of anilines is 1. The van der Waals surface area contributed by atoms with E-state index in [1.807, 2.05) is 0 Å². The van der Waals surface area contributed by atoms with Gasteiger partial charge in [0, 0.05) is 29.7 Å². The predicted molar refractivity (Wildman–Crippen MR) is 90.7 cm³/mol. The molecule has 0 saturated carbocycles. The Labute approximate surface area is 148 Å². The van der Waals surface area contributed by atoms with Crippen molar-refractivity contribution in [3.63, 3.8) is 0 Å². The van der Waals surface area contributed by atoms with Crippen molar-refractivity contribution in [1.29, 1.82) is 0 Å². The summed E-state index contributed by atoms with van der Waals surface area (Å²) in [7, 11) is 0. The van der Waals surface area contributed by atoms with Gasteiger partial charge in [-0.05, 0) is 24.6 Å². The average molecular weight is 355 g/mol. The van der Waals surface area contributed by atoms with E-state index in [4.69, 9.17) is 0 Å². The summed E-state index contributed by atoms with van der Waals surface area (Å²) >= 11 is 0. The zero-order chi connectivity index (χ0) is 19.4. The molecular formula is C18H15N2O6-. The van der Waals surface area contributed by atoms with E-state index in [0.717, 1.165) is 4.90 Å². The molecule has 2 rings (SSSR count). The lowest BCUT2D eigenvalue weighted by Crippen LogP contribution is -2.38. The molecule has 0 aromatic heterocycles. The summed E-state index contributed by atoms with van der Waals surface area (Å²) in [4.78, 5) is 47.7. The molecule has 0 unspecified atom stereocenters. The first-order chi connectivity index (χ1) is 12.3. The number of hydrogen-bond donors (Lipinski definition) is 0. The lowest BCUT2D eigenvalue weighted by molar-refractivity contribution is -0.384. The number of carboxylic acid groups (broad SMARTS) is 1. The monoisotopic (exact) mass is 355 g/mol. The SMILES string of the molecule is CCC(=O)N(C(=O)c1ccccc1C(=O)[O-])c1ccc([N+](=O)[O-])cc1C. The van der Waals surface area contributed by atoms with Crippen molar-refractivity contribution in [3.8, 4) is 0 Å². The Balaban J connectivity index is 2.60. The van der Waals surface area contributed by atoms with Crippen LogP contribution in [0.3, 0.4) is 0 Å². The summed E-state index contributed by atoms with van der Waals surface area (Å²) in [6.07, 6.45) is -0.0182. The third-order valence-electron chi connectivity index (χ3n) is 3.76. The summed E-state index contributed by atoms with van der Waals surface area (Å²) in [5, 5.41) is 22.2. The number of carbonyl (C=O) groups excluding carboxylic acids is 3. The number of carboxylic acids is 1. The van der Waals surface area contributed by atoms with Crippen LogP contribution < -0.4 is 10.0 Å². The lowest BCUT2D eigenvalue weighted by Gasteiger charge is -2.23. The van der Waals surface area contributed by atoms with E-state index in [0.29, 0.717) is 5.56 Å². The maximum atomic E-state index is 12.9. The number of carbonyl (C=O) groups is 3. The van der Waals surface area contributed by atoms with Crippen LogP contribution in [0.2, 0.25) is 0 Å². The first-order valence-corrected chi connectivity index (χ1v) is 7.70. The highest BCUT2D eigenvalue weighted by atomic mass is 16.6. The molecule has 2 aromatic carbocycles. The van der Waals surface area contributed by atoms with Gasteiger partial charge in [0.25, 0.3) is 11.6 Å². The minimum absolute atomic E-state index is 0.0182. The van der Waals surface area contributed by atoms with Gasteiger partial charge in [0.15, 0.2) is 0 Å². The zero-order valence-electron chi connectivity index (χ0n) is 14.1. The highest BCUT2D eigenvalue weighted by Crippen LogP contribution is 2.27. The minimum atomic E-state index is -1.54. The summed E-state index contributed by atoms with van der Waals surface area (Å²) in [6.45, 7) is 3.07. The van der Waals surface area contributed by atoms with E-state index in [1.54, 1.807) is 6.92 Å². The Morgan fingerprint density at radius 2 is 1.69 bits per heavy atom. The molecule has 8 heteroatoms. The molecule has 2 amide bonds. The second kappa shape index (κ2) is 7.56. The van der Waals surface area contributed by atoms with Crippen molar-refractivity contribution in [1.82, 2.24) is 0 Å². The molecule has 0 aliphatic carbocycles. The molecule has 0 saturated heterocycles. The fourth-order valence-corrected chi connectivity index (χ4v) is 2.49. The summed E-state index contributed by atoms with van der Waals surface area (Å²) < 4.78 is 0. The van der Waals surface area contributed by atoms with Crippen molar-refractivity contribution in [2.75, 3.05) is 4.90 Å². The fraction of sp³-hybridized carbons (Fsp3) is 0.167. The Morgan fingerprint density at radius 3 is 2.19 bits per heavy atom. The van der Waals surface area contributed by atoms with Crippen molar-refractivity contribution in [3.05, 3.63) is 69.3 Å². The average Bonchev–Trinajstić information content (AvgIpc) is 2.62. The number of imide groups is 1. The van der Waals surface area contributed by atoms with Gasteiger partial charge in [0.05, 0.1) is 16.6 Å². The number of hydrogen-bond acceptors (Lipinski definition) is 6. The number of rotatable bonds is 5. The fourth-order valence-electron chi connectivity index (χ4n) is 2.49. The molecular weight excluding hydrogens is 340 g/mol. The molecule has 0 aliphatic heterocycles. The van der Waals surface area contributed by atoms with Gasteiger partial charge in [-0.15, -0.1) is 0 Å². The Hall–Kier alpha value is -3.55. The van der Waals surface area contributed by atoms with Gasteiger partial charge < -0.3 is 9.90 Å². The molecule has 0 spiro atoms. The number of nitro benzene ring substituents is 1. The van der Waals surface area contributed by atoms with Crippen LogP contribution in [0.4, 0.5) is 11.4 Å². The van der Waals surface area contributed by atoms with Gasteiger partial charge in [0.2, 0.25) is 5.91 Å². The predicted octanol–water partition coefficient (Wildman–Crippen LogP) is 1.85. The maximum absolute atomic E-state index is 12.9. The first kappa shape index (κ1) is 18.8. The van der Waals surface area contributed by atoms with E-state index in [2.05, 4.69) is 0 Å². The van der Waals surface area contributed by atoms with Crippen LogP contribution in [0.1, 0.15) is 39.6 Å². The number of nitrogens with zero attached hydrogens (tertiary/aromatic N) is 2. The summed E-state index contributed by atoms with van der Waals surface area (Å²) in [6, 6.07) is 9.10. The number of nitro groups is 1. The minimum Gasteiger partial charge on any atom is -0.545 e. The van der Waals surface area contributed by atoms with E-state index in [9.17, 15) is 29.6 Å². The van der Waals surface area contributed by atoms with Crippen molar-refractivity contribution in [2.45, 2.75) is 20.3 Å². The number of aryl methyl sites for hydroxylation is 1. The molecule has 26 heavy (non-hydrogen) atoms. The molecule has 0 atom stereocenters. The molecule has 8 nitrogen and oxygen atoms in total. The van der Waals surface area contributed by atoms with Crippen LogP contribution in [-0.2, 0) is 4.79 Å². The molecule has 0 fully saturated rings. The van der Waals surface area contributed by atoms with E-state index >= 15 is 0 Å². The van der Waals surface area contributed by atoms with E-state index in [-0.39, 0.29) is 28.9 Å². The lowest BCUT2D eigenvalue weighted by atomic mass is 10.0. The molecule has 0 N–H and O–H groups in total. The molecule has 2 aromatic rings. The van der Waals surface area contributed by atoms with Crippen LogP contribution in [0, 0.1) is 17.0 Å². The van der Waals surface area contributed by atoms with Crippen molar-refractivity contribution < 1.29 is 24.4 Å². The second-order valence-corrected chi connectivity index (χ2v) is 5.45. The Kier molecular flexibility index (Phi) is 5.46. The number of benzene rings is 2. The number of amides is 2. The van der Waals surface area contributed by atoms with Gasteiger partial charge in [-0.1, -0.05) is 25.1 Å². The second-order valence-electron chi connectivity index (χ2n) is 5.45. The van der Waals surface area contributed by atoms with Gasteiger partial charge >= 0.3 is 0 Å². The maximum Gasteiger partial charge on any atom is 0.269 e. The van der Waals surface area contributed by atoms with Crippen molar-refractivity contribution in [2.24, 2.45) is 0 Å². The van der Waals surface area contributed by atoms with Crippen LogP contribution in [0.25, 0.3) is 0 Å². The third-order valence-corrected chi connectivity index (χ3v) is 3.76. The summed E-state index contributed by atoms with van der Waals surface area (Å²) in [5.74, 6) is -2.95. The van der Waals surface area contributed by atoms with Gasteiger partial charge in [-0.3, -0.25) is 19.7 Å². The van der Waals surface area contributed by atoms with Crippen LogP contribution >= 0.6 is 0 Å². The molecule has 0 aliphatic rings. The quantitative estimate of drug-likeness (QED) is 0.596. The van der Waals surface area contributed by atoms with Gasteiger partial charge in [-0.25, -0.2) is 4.90 Å². The van der Waals surface area contributed by atoms with Crippen LogP contribution in [0.15, 0.2) is 42.5 Å².